The summed E-state index contributed by atoms with van der Waals surface area (Å²) in [6, 6.07) is 17.8. The van der Waals surface area contributed by atoms with Crippen LogP contribution in [0, 0.1) is 5.82 Å². The van der Waals surface area contributed by atoms with Gasteiger partial charge in [-0.25, -0.2) is 9.37 Å². The van der Waals surface area contributed by atoms with Crippen molar-refractivity contribution < 1.29 is 9.18 Å². The van der Waals surface area contributed by atoms with E-state index in [1.54, 1.807) is 30.5 Å². The number of hydrogen-bond donors (Lipinski definition) is 3. The molecule has 0 aliphatic carbocycles. The molecule has 1 amide bonds. The Hall–Kier alpha value is -3.67. The average molecular weight is 374 g/mol. The van der Waals surface area contributed by atoms with Gasteiger partial charge < -0.3 is 15.6 Å². The van der Waals surface area contributed by atoms with E-state index in [1.165, 1.54) is 12.1 Å². The predicted octanol–water partition coefficient (Wildman–Crippen LogP) is 4.50. The van der Waals surface area contributed by atoms with Gasteiger partial charge in [-0.05, 0) is 41.5 Å². The highest BCUT2D eigenvalue weighted by Crippen LogP contribution is 2.19. The third-order valence-electron chi connectivity index (χ3n) is 4.46. The molecule has 2 aromatic carbocycles. The van der Waals surface area contributed by atoms with Crippen LogP contribution in [0.5, 0.6) is 0 Å². The number of aromatic nitrogens is 2. The zero-order valence-corrected chi connectivity index (χ0v) is 15.1. The van der Waals surface area contributed by atoms with Crippen LogP contribution in [0.15, 0.2) is 73.1 Å². The van der Waals surface area contributed by atoms with Crippen LogP contribution < -0.4 is 10.6 Å². The monoisotopic (exact) mass is 374 g/mol. The Kier molecular flexibility index (Phi) is 5.01. The van der Waals surface area contributed by atoms with Crippen LogP contribution in [0.25, 0.3) is 10.9 Å². The van der Waals surface area contributed by atoms with Crippen LogP contribution >= 0.6 is 0 Å². The fourth-order valence-corrected chi connectivity index (χ4v) is 3.02. The summed E-state index contributed by atoms with van der Waals surface area (Å²) in [5.74, 6) is 0.326. The number of anilines is 2. The number of rotatable bonds is 6. The summed E-state index contributed by atoms with van der Waals surface area (Å²) in [6.07, 6.45) is 3.76. The van der Waals surface area contributed by atoms with Gasteiger partial charge in [0.15, 0.2) is 0 Å². The van der Waals surface area contributed by atoms with E-state index < -0.39 is 0 Å². The Balaban J connectivity index is 1.33. The molecule has 3 N–H and O–H groups in total. The van der Waals surface area contributed by atoms with Crippen molar-refractivity contribution in [2.75, 3.05) is 10.6 Å². The van der Waals surface area contributed by atoms with Crippen LogP contribution in [0.1, 0.15) is 11.1 Å². The first-order valence-corrected chi connectivity index (χ1v) is 8.96. The first-order valence-electron chi connectivity index (χ1n) is 8.96. The number of H-pyrrole nitrogens is 1. The second-order valence-electron chi connectivity index (χ2n) is 6.50. The molecule has 0 radical (unpaired) electrons. The van der Waals surface area contributed by atoms with Crippen molar-refractivity contribution in [3.8, 4) is 0 Å². The maximum Gasteiger partial charge on any atom is 0.228 e. The van der Waals surface area contributed by atoms with Crippen molar-refractivity contribution in [1.29, 1.82) is 0 Å². The Labute approximate surface area is 161 Å². The predicted molar refractivity (Wildman–Crippen MR) is 109 cm³/mol. The van der Waals surface area contributed by atoms with Crippen LogP contribution in [0.2, 0.25) is 0 Å². The smallest absolute Gasteiger partial charge is 0.228 e. The highest BCUT2D eigenvalue weighted by Gasteiger charge is 2.09. The number of pyridine rings is 1. The summed E-state index contributed by atoms with van der Waals surface area (Å²) in [4.78, 5) is 19.8. The number of halogens is 1. The maximum absolute atomic E-state index is 12.9. The van der Waals surface area contributed by atoms with Crippen molar-refractivity contribution in [1.82, 2.24) is 9.97 Å². The van der Waals surface area contributed by atoms with Gasteiger partial charge in [-0.1, -0.05) is 30.3 Å². The number of aromatic amines is 1. The summed E-state index contributed by atoms with van der Waals surface area (Å²) >= 11 is 0. The number of nitrogens with one attached hydrogen (secondary N) is 3. The average Bonchev–Trinajstić information content (AvgIpc) is 3.11. The zero-order chi connectivity index (χ0) is 19.3. The second kappa shape index (κ2) is 7.92. The van der Waals surface area contributed by atoms with Gasteiger partial charge in [0.05, 0.1) is 18.3 Å². The lowest BCUT2D eigenvalue weighted by molar-refractivity contribution is -0.115. The van der Waals surface area contributed by atoms with Gasteiger partial charge in [0, 0.05) is 23.6 Å². The van der Waals surface area contributed by atoms with Gasteiger partial charge in [0.25, 0.3) is 0 Å². The van der Waals surface area contributed by atoms with Gasteiger partial charge >= 0.3 is 0 Å². The Bertz CT molecular complexity index is 1090. The molecule has 6 heteroatoms. The number of carbonyl (C=O) groups excluding carboxylic acids is 1. The van der Waals surface area contributed by atoms with Crippen molar-refractivity contribution in [3.05, 3.63) is 90.0 Å². The summed E-state index contributed by atoms with van der Waals surface area (Å²) < 4.78 is 12.9. The number of fused-ring (bicyclic) bond motifs is 1. The number of benzene rings is 2. The topological polar surface area (TPSA) is 69.8 Å². The maximum atomic E-state index is 12.9. The van der Waals surface area contributed by atoms with Crippen LogP contribution in [0.4, 0.5) is 15.9 Å². The van der Waals surface area contributed by atoms with Gasteiger partial charge in [-0.15, -0.1) is 0 Å². The number of carbonyl (C=O) groups is 1. The highest BCUT2D eigenvalue weighted by molar-refractivity contribution is 5.95. The molecule has 28 heavy (non-hydrogen) atoms. The SMILES string of the molecule is O=C(Cc1c[nH]c2ccccc12)Nc1ccc(NCc2ccc(F)cc2)nc1. The number of amides is 1. The molecule has 4 aromatic rings. The molecule has 0 aliphatic rings. The minimum atomic E-state index is -0.255. The molecule has 0 saturated carbocycles. The normalized spacial score (nSPS) is 10.8. The highest BCUT2D eigenvalue weighted by atomic mass is 19.1. The lowest BCUT2D eigenvalue weighted by Crippen LogP contribution is -2.14. The lowest BCUT2D eigenvalue weighted by atomic mass is 10.1. The first-order chi connectivity index (χ1) is 13.7. The molecule has 4 rings (SSSR count). The van der Waals surface area contributed by atoms with Crippen LogP contribution in [-0.4, -0.2) is 15.9 Å². The molecule has 5 nitrogen and oxygen atoms in total. The van der Waals surface area contributed by atoms with E-state index in [0.717, 1.165) is 22.0 Å². The molecule has 0 bridgehead atoms. The fraction of sp³-hybridized carbons (Fsp3) is 0.0909. The van der Waals surface area contributed by atoms with E-state index in [4.69, 9.17) is 0 Å². The molecular weight excluding hydrogens is 355 g/mol. The van der Waals surface area contributed by atoms with Crippen molar-refractivity contribution in [2.45, 2.75) is 13.0 Å². The molecule has 0 unspecified atom stereocenters. The molecule has 0 atom stereocenters. The quantitative estimate of drug-likeness (QED) is 0.466. The summed E-state index contributed by atoms with van der Waals surface area (Å²) in [6.45, 7) is 0.541. The van der Waals surface area contributed by atoms with Crippen molar-refractivity contribution >= 4 is 28.3 Å². The van der Waals surface area contributed by atoms with Gasteiger partial charge in [-0.3, -0.25) is 4.79 Å². The van der Waals surface area contributed by atoms with Crippen molar-refractivity contribution in [2.24, 2.45) is 0 Å². The molecule has 0 saturated heterocycles. The number of hydrogen-bond acceptors (Lipinski definition) is 3. The number of para-hydroxylation sites is 1. The van der Waals surface area contributed by atoms with E-state index in [9.17, 15) is 9.18 Å². The first kappa shape index (κ1) is 17.7. The van der Waals surface area contributed by atoms with Crippen LogP contribution in [0.3, 0.4) is 0 Å². The summed E-state index contributed by atoms with van der Waals surface area (Å²) in [5, 5.41) is 7.09. The minimum absolute atomic E-state index is 0.0985. The van der Waals surface area contributed by atoms with Crippen LogP contribution in [-0.2, 0) is 17.8 Å². The number of nitrogens with zero attached hydrogens (tertiary/aromatic N) is 1. The molecular formula is C22H19FN4O. The third-order valence-corrected chi connectivity index (χ3v) is 4.46. The molecule has 0 spiro atoms. The molecule has 140 valence electrons. The summed E-state index contributed by atoms with van der Waals surface area (Å²) in [7, 11) is 0. The Morgan fingerprint density at radius 3 is 2.64 bits per heavy atom. The fourth-order valence-electron chi connectivity index (χ4n) is 3.02. The van der Waals surface area contributed by atoms with Crippen molar-refractivity contribution in [3.63, 3.8) is 0 Å². The Morgan fingerprint density at radius 1 is 1.04 bits per heavy atom. The second-order valence-corrected chi connectivity index (χ2v) is 6.50. The van der Waals surface area contributed by atoms with Gasteiger partial charge in [-0.2, -0.15) is 0 Å². The minimum Gasteiger partial charge on any atom is -0.366 e. The summed E-state index contributed by atoms with van der Waals surface area (Å²) in [5.41, 5.74) is 3.57. The molecule has 0 fully saturated rings. The van der Waals surface area contributed by atoms with Gasteiger partial charge in [0.1, 0.15) is 11.6 Å². The van der Waals surface area contributed by atoms with E-state index in [-0.39, 0.29) is 18.1 Å². The van der Waals surface area contributed by atoms with E-state index in [0.29, 0.717) is 18.1 Å². The van der Waals surface area contributed by atoms with E-state index in [1.807, 2.05) is 30.5 Å². The lowest BCUT2D eigenvalue weighted by Gasteiger charge is -2.08. The molecule has 0 aliphatic heterocycles. The Morgan fingerprint density at radius 2 is 1.86 bits per heavy atom. The van der Waals surface area contributed by atoms with E-state index in [2.05, 4.69) is 20.6 Å². The third kappa shape index (κ3) is 4.17. The largest absolute Gasteiger partial charge is 0.366 e. The standard InChI is InChI=1S/C22H19FN4O/c23-17-7-5-15(6-8-17)12-25-21-10-9-18(14-26-21)27-22(28)11-16-13-24-20-4-2-1-3-19(16)20/h1-10,13-14,24H,11-12H2,(H,25,26)(H,27,28). The molecule has 2 heterocycles. The zero-order valence-electron chi connectivity index (χ0n) is 15.1. The van der Waals surface area contributed by atoms with E-state index >= 15 is 0 Å². The van der Waals surface area contributed by atoms with Gasteiger partial charge in [0.2, 0.25) is 5.91 Å². The molecule has 2 aromatic heterocycles.